The molecule has 1 saturated heterocycles. The van der Waals surface area contributed by atoms with E-state index in [2.05, 4.69) is 0 Å². The molecular formula is C23H26N2O5S2. The van der Waals surface area contributed by atoms with Crippen molar-refractivity contribution < 1.29 is 22.4 Å². The van der Waals surface area contributed by atoms with Crippen LogP contribution in [0.1, 0.15) is 34.8 Å². The van der Waals surface area contributed by atoms with Crippen molar-refractivity contribution in [1.82, 2.24) is 9.21 Å². The number of thiophene rings is 1. The summed E-state index contributed by atoms with van der Waals surface area (Å²) in [6.45, 7) is 5.12. The second-order valence-corrected chi connectivity index (χ2v) is 10.9. The minimum Gasteiger partial charge on any atom is -0.467 e. The summed E-state index contributed by atoms with van der Waals surface area (Å²) in [5.41, 5.74) is 0.427. The highest BCUT2D eigenvalue weighted by Crippen LogP contribution is 2.23. The minimum atomic E-state index is -3.66. The Labute approximate surface area is 192 Å². The van der Waals surface area contributed by atoms with Gasteiger partial charge in [-0.3, -0.25) is 4.79 Å². The zero-order chi connectivity index (χ0) is 22.7. The lowest BCUT2D eigenvalue weighted by molar-refractivity contribution is -0.0440. The Kier molecular flexibility index (Phi) is 6.80. The van der Waals surface area contributed by atoms with Crippen LogP contribution in [0.3, 0.4) is 0 Å². The molecule has 2 atom stereocenters. The Morgan fingerprint density at radius 1 is 1.06 bits per heavy atom. The first-order chi connectivity index (χ1) is 15.3. The van der Waals surface area contributed by atoms with Crippen molar-refractivity contribution in [3.8, 4) is 0 Å². The molecule has 2 aromatic heterocycles. The molecule has 32 heavy (non-hydrogen) atoms. The number of furan rings is 1. The summed E-state index contributed by atoms with van der Waals surface area (Å²) in [6.07, 6.45) is 1.25. The van der Waals surface area contributed by atoms with Crippen LogP contribution in [-0.2, 0) is 27.8 Å². The van der Waals surface area contributed by atoms with E-state index in [1.54, 1.807) is 40.7 Å². The Morgan fingerprint density at radius 2 is 1.78 bits per heavy atom. The van der Waals surface area contributed by atoms with Crippen molar-refractivity contribution in [1.29, 1.82) is 0 Å². The number of benzene rings is 1. The predicted octanol–water partition coefficient (Wildman–Crippen LogP) is 3.98. The van der Waals surface area contributed by atoms with Crippen molar-refractivity contribution in [2.75, 3.05) is 13.1 Å². The van der Waals surface area contributed by atoms with Crippen LogP contribution in [0.4, 0.5) is 0 Å². The molecule has 9 heteroatoms. The fourth-order valence-corrected chi connectivity index (χ4v) is 6.12. The zero-order valence-corrected chi connectivity index (χ0v) is 19.6. The van der Waals surface area contributed by atoms with Gasteiger partial charge in [-0.05, 0) is 61.7 Å². The van der Waals surface area contributed by atoms with Crippen molar-refractivity contribution in [3.63, 3.8) is 0 Å². The second kappa shape index (κ2) is 9.58. The molecule has 0 aliphatic carbocycles. The number of rotatable bonds is 7. The van der Waals surface area contributed by atoms with Crippen LogP contribution in [0.25, 0.3) is 0 Å². The van der Waals surface area contributed by atoms with E-state index in [1.807, 2.05) is 37.4 Å². The molecule has 0 spiro atoms. The fraction of sp³-hybridized carbons (Fsp3) is 0.348. The summed E-state index contributed by atoms with van der Waals surface area (Å²) in [6, 6.07) is 13.7. The van der Waals surface area contributed by atoms with E-state index in [-0.39, 0.29) is 23.0 Å². The van der Waals surface area contributed by atoms with E-state index in [1.165, 1.54) is 16.4 Å². The first-order valence-electron chi connectivity index (χ1n) is 10.4. The van der Waals surface area contributed by atoms with Crippen molar-refractivity contribution >= 4 is 27.3 Å². The molecule has 0 radical (unpaired) electrons. The van der Waals surface area contributed by atoms with E-state index in [9.17, 15) is 13.2 Å². The van der Waals surface area contributed by atoms with Crippen LogP contribution in [0.2, 0.25) is 0 Å². The van der Waals surface area contributed by atoms with Crippen LogP contribution >= 0.6 is 11.3 Å². The van der Waals surface area contributed by atoms with Crippen molar-refractivity contribution in [2.45, 2.75) is 44.0 Å². The minimum absolute atomic E-state index is 0.165. The summed E-state index contributed by atoms with van der Waals surface area (Å²) in [4.78, 5) is 16.2. The summed E-state index contributed by atoms with van der Waals surface area (Å²) >= 11 is 1.58. The number of amides is 1. The Balaban J connectivity index is 1.54. The molecule has 170 valence electrons. The maximum Gasteiger partial charge on any atom is 0.254 e. The molecule has 0 bridgehead atoms. The summed E-state index contributed by atoms with van der Waals surface area (Å²) in [5.74, 6) is 0.497. The standard InChI is InChI=1S/C23H26N2O5S2/c1-17-13-25(14-18(2)30-17)32(27,28)22-9-7-19(8-10-22)23(26)24(15-20-5-3-11-29-20)16-21-6-4-12-31-21/h3-12,17-18H,13-16H2,1-2H3/t17-,18-/m0/s1. The number of carbonyl (C=O) groups excluding carboxylic acids is 1. The Bertz CT molecular complexity index is 1080. The van der Waals surface area contributed by atoms with E-state index < -0.39 is 10.0 Å². The molecule has 1 amide bonds. The average Bonchev–Trinajstić information content (AvgIpc) is 3.46. The Morgan fingerprint density at radius 3 is 2.38 bits per heavy atom. The van der Waals surface area contributed by atoms with Gasteiger partial charge in [0, 0.05) is 23.5 Å². The lowest BCUT2D eigenvalue weighted by Crippen LogP contribution is -2.48. The van der Waals surface area contributed by atoms with Crippen LogP contribution in [0.5, 0.6) is 0 Å². The third-order valence-electron chi connectivity index (χ3n) is 5.27. The van der Waals surface area contributed by atoms with Crippen molar-refractivity contribution in [3.05, 3.63) is 76.4 Å². The molecule has 1 aliphatic rings. The molecule has 0 unspecified atom stereocenters. The highest BCUT2D eigenvalue weighted by molar-refractivity contribution is 7.89. The topological polar surface area (TPSA) is 80.1 Å². The van der Waals surface area contributed by atoms with Gasteiger partial charge in [-0.25, -0.2) is 8.42 Å². The van der Waals surface area contributed by atoms with Gasteiger partial charge >= 0.3 is 0 Å². The maximum atomic E-state index is 13.3. The lowest BCUT2D eigenvalue weighted by Gasteiger charge is -2.34. The number of morpholine rings is 1. The monoisotopic (exact) mass is 474 g/mol. The number of sulfonamides is 1. The summed E-state index contributed by atoms with van der Waals surface area (Å²) in [7, 11) is -3.66. The molecule has 1 fully saturated rings. The number of hydrogen-bond donors (Lipinski definition) is 0. The Hall–Kier alpha value is -2.46. The highest BCUT2D eigenvalue weighted by atomic mass is 32.2. The normalized spacial score (nSPS) is 19.7. The van der Waals surface area contributed by atoms with Gasteiger partial charge in [0.15, 0.2) is 0 Å². The quantitative estimate of drug-likeness (QED) is 0.517. The van der Waals surface area contributed by atoms with Crippen LogP contribution in [-0.4, -0.2) is 48.8 Å². The molecule has 3 aromatic rings. The smallest absolute Gasteiger partial charge is 0.254 e. The largest absolute Gasteiger partial charge is 0.467 e. The third kappa shape index (κ3) is 5.12. The fourth-order valence-electron chi connectivity index (χ4n) is 3.81. The number of nitrogens with zero attached hydrogens (tertiary/aromatic N) is 2. The lowest BCUT2D eigenvalue weighted by atomic mass is 10.2. The number of ether oxygens (including phenoxy) is 1. The summed E-state index contributed by atoms with van der Waals surface area (Å²) < 4.78 is 38.7. The number of hydrogen-bond acceptors (Lipinski definition) is 6. The van der Waals surface area contributed by atoms with Gasteiger partial charge in [-0.2, -0.15) is 4.31 Å². The molecule has 1 aromatic carbocycles. The van der Waals surface area contributed by atoms with Gasteiger partial charge in [0.2, 0.25) is 10.0 Å². The maximum absolute atomic E-state index is 13.3. The van der Waals surface area contributed by atoms with E-state index >= 15 is 0 Å². The molecule has 3 heterocycles. The predicted molar refractivity (Wildman–Crippen MR) is 122 cm³/mol. The molecule has 0 saturated carbocycles. The van der Waals surface area contributed by atoms with Gasteiger partial charge in [-0.1, -0.05) is 6.07 Å². The molecular weight excluding hydrogens is 448 g/mol. The highest BCUT2D eigenvalue weighted by Gasteiger charge is 2.32. The van der Waals surface area contributed by atoms with Crippen LogP contribution < -0.4 is 0 Å². The van der Waals surface area contributed by atoms with Gasteiger partial charge in [0.1, 0.15) is 5.76 Å². The molecule has 0 N–H and O–H groups in total. The van der Waals surface area contributed by atoms with Gasteiger partial charge < -0.3 is 14.1 Å². The molecule has 7 nitrogen and oxygen atoms in total. The second-order valence-electron chi connectivity index (χ2n) is 7.92. The van der Waals surface area contributed by atoms with Crippen molar-refractivity contribution in [2.24, 2.45) is 0 Å². The summed E-state index contributed by atoms with van der Waals surface area (Å²) in [5, 5.41) is 1.97. The SMILES string of the molecule is C[C@H]1CN(S(=O)(=O)c2ccc(C(=O)N(Cc3ccco3)Cc3cccs3)cc2)C[C@H](C)O1. The number of carbonyl (C=O) groups is 1. The molecule has 4 rings (SSSR count). The van der Waals surface area contributed by atoms with Crippen LogP contribution in [0, 0.1) is 0 Å². The average molecular weight is 475 g/mol. The first-order valence-corrected chi connectivity index (χ1v) is 12.7. The van der Waals surface area contributed by atoms with E-state index in [4.69, 9.17) is 9.15 Å². The molecule has 1 aliphatic heterocycles. The van der Waals surface area contributed by atoms with E-state index in [0.29, 0.717) is 37.5 Å². The van der Waals surface area contributed by atoms with Gasteiger partial charge in [-0.15, -0.1) is 11.3 Å². The third-order valence-corrected chi connectivity index (χ3v) is 7.97. The van der Waals surface area contributed by atoms with Crippen LogP contribution in [0.15, 0.2) is 69.5 Å². The van der Waals surface area contributed by atoms with Gasteiger partial charge in [0.05, 0.1) is 36.5 Å². The first kappa shape index (κ1) is 22.7. The van der Waals surface area contributed by atoms with Gasteiger partial charge in [0.25, 0.3) is 5.91 Å². The van der Waals surface area contributed by atoms with E-state index in [0.717, 1.165) is 4.88 Å². The zero-order valence-electron chi connectivity index (χ0n) is 18.0.